The summed E-state index contributed by atoms with van der Waals surface area (Å²) in [6.07, 6.45) is 1.24. The summed E-state index contributed by atoms with van der Waals surface area (Å²) in [5.41, 5.74) is 9.45. The topological polar surface area (TPSA) is 32.5 Å². The Morgan fingerprint density at radius 1 is 1.18 bits per heavy atom. The maximum Gasteiger partial charge on any atom is 0.0603 e. The average Bonchev–Trinajstić information content (AvgIpc) is 2.34. The molecule has 0 aliphatic carbocycles. The maximum absolute atomic E-state index is 6.06. The molecule has 17 heavy (non-hydrogen) atoms. The van der Waals surface area contributed by atoms with Gasteiger partial charge in [-0.25, -0.2) is 0 Å². The predicted molar refractivity (Wildman–Crippen MR) is 74.5 cm³/mol. The minimum atomic E-state index is 0.902. The molecule has 1 aliphatic rings. The van der Waals surface area contributed by atoms with Crippen LogP contribution in [0, 0.1) is 6.92 Å². The van der Waals surface area contributed by atoms with Gasteiger partial charge in [0.15, 0.2) is 0 Å². The number of anilines is 2. The molecule has 0 saturated carbocycles. The van der Waals surface area contributed by atoms with Gasteiger partial charge in [-0.1, -0.05) is 13.0 Å². The number of hydrogen-bond donors (Lipinski definition) is 1. The first-order valence-corrected chi connectivity index (χ1v) is 6.54. The van der Waals surface area contributed by atoms with Crippen LogP contribution >= 0.6 is 0 Å². The van der Waals surface area contributed by atoms with Crippen LogP contribution in [0.25, 0.3) is 0 Å². The lowest BCUT2D eigenvalue weighted by atomic mass is 10.1. The minimum absolute atomic E-state index is 0.902. The quantitative estimate of drug-likeness (QED) is 0.812. The number of aryl methyl sites for hydroxylation is 1. The van der Waals surface area contributed by atoms with Gasteiger partial charge >= 0.3 is 0 Å². The van der Waals surface area contributed by atoms with E-state index >= 15 is 0 Å². The van der Waals surface area contributed by atoms with E-state index in [1.165, 1.54) is 24.2 Å². The molecule has 2 rings (SSSR count). The van der Waals surface area contributed by atoms with Crippen molar-refractivity contribution in [3.8, 4) is 0 Å². The Morgan fingerprint density at radius 3 is 2.53 bits per heavy atom. The highest BCUT2D eigenvalue weighted by Crippen LogP contribution is 2.25. The highest BCUT2D eigenvalue weighted by atomic mass is 15.3. The molecule has 0 radical (unpaired) electrons. The zero-order chi connectivity index (χ0) is 12.3. The summed E-state index contributed by atoms with van der Waals surface area (Å²) in [5, 5.41) is 0. The molecule has 0 aromatic heterocycles. The third-order valence-electron chi connectivity index (χ3n) is 3.44. The Bertz CT molecular complexity index is 368. The number of nitrogen functional groups attached to an aromatic ring is 1. The molecule has 0 atom stereocenters. The van der Waals surface area contributed by atoms with Gasteiger partial charge in [-0.15, -0.1) is 0 Å². The number of piperazine rings is 1. The molecule has 0 bridgehead atoms. The molecule has 3 heteroatoms. The van der Waals surface area contributed by atoms with Crippen molar-refractivity contribution in [2.24, 2.45) is 0 Å². The molecule has 1 aromatic carbocycles. The van der Waals surface area contributed by atoms with Crippen LogP contribution in [0.4, 0.5) is 11.4 Å². The molecule has 0 unspecified atom stereocenters. The first-order valence-electron chi connectivity index (χ1n) is 6.54. The van der Waals surface area contributed by atoms with Gasteiger partial charge in [0, 0.05) is 26.2 Å². The van der Waals surface area contributed by atoms with Crippen LogP contribution in [0.1, 0.15) is 18.9 Å². The Hall–Kier alpha value is -1.22. The third kappa shape index (κ3) is 2.91. The van der Waals surface area contributed by atoms with Gasteiger partial charge in [0.1, 0.15) is 0 Å². The molecule has 1 aliphatic heterocycles. The molecule has 1 heterocycles. The lowest BCUT2D eigenvalue weighted by molar-refractivity contribution is 0.258. The van der Waals surface area contributed by atoms with Crippen LogP contribution in [0.3, 0.4) is 0 Å². The second-order valence-electron chi connectivity index (χ2n) is 4.89. The molecule has 2 N–H and O–H groups in total. The summed E-state index contributed by atoms with van der Waals surface area (Å²) in [7, 11) is 0. The summed E-state index contributed by atoms with van der Waals surface area (Å²) >= 11 is 0. The molecule has 94 valence electrons. The van der Waals surface area contributed by atoms with Crippen LogP contribution in [0.15, 0.2) is 18.2 Å². The van der Waals surface area contributed by atoms with Gasteiger partial charge < -0.3 is 10.6 Å². The molecule has 3 nitrogen and oxygen atoms in total. The lowest BCUT2D eigenvalue weighted by Gasteiger charge is -2.36. The highest BCUT2D eigenvalue weighted by Gasteiger charge is 2.17. The number of rotatable bonds is 3. The number of nitrogens with two attached hydrogens (primary N) is 1. The van der Waals surface area contributed by atoms with Crippen molar-refractivity contribution in [2.75, 3.05) is 43.4 Å². The summed E-state index contributed by atoms with van der Waals surface area (Å²) in [6.45, 7) is 10.1. The van der Waals surface area contributed by atoms with E-state index in [-0.39, 0.29) is 0 Å². The molecular weight excluding hydrogens is 210 g/mol. The molecule has 0 amide bonds. The van der Waals surface area contributed by atoms with Crippen molar-refractivity contribution >= 4 is 11.4 Å². The second-order valence-corrected chi connectivity index (χ2v) is 4.89. The Labute approximate surface area is 104 Å². The van der Waals surface area contributed by atoms with Crippen LogP contribution < -0.4 is 10.6 Å². The van der Waals surface area contributed by atoms with Crippen molar-refractivity contribution in [3.05, 3.63) is 23.8 Å². The van der Waals surface area contributed by atoms with E-state index in [0.29, 0.717) is 0 Å². The van der Waals surface area contributed by atoms with E-state index in [1.807, 2.05) is 6.07 Å². The molecule has 0 spiro atoms. The standard InChI is InChI=1S/C14H23N3/c1-3-6-16-7-9-17(10-8-16)14-11-12(2)4-5-13(14)15/h4-5,11H,3,6-10,15H2,1-2H3. The van der Waals surface area contributed by atoms with E-state index < -0.39 is 0 Å². The van der Waals surface area contributed by atoms with Gasteiger partial charge in [0.05, 0.1) is 11.4 Å². The Balaban J connectivity index is 2.02. The van der Waals surface area contributed by atoms with Crippen molar-refractivity contribution in [1.82, 2.24) is 4.90 Å². The van der Waals surface area contributed by atoms with Crippen LogP contribution in [-0.2, 0) is 0 Å². The fourth-order valence-corrected chi connectivity index (χ4v) is 2.46. The van der Waals surface area contributed by atoms with Gasteiger partial charge in [-0.2, -0.15) is 0 Å². The van der Waals surface area contributed by atoms with Gasteiger partial charge in [0.25, 0.3) is 0 Å². The molecule has 1 aromatic rings. The van der Waals surface area contributed by atoms with Gasteiger partial charge in [-0.05, 0) is 37.6 Å². The van der Waals surface area contributed by atoms with Gasteiger partial charge in [0.2, 0.25) is 0 Å². The van der Waals surface area contributed by atoms with Crippen LogP contribution in [-0.4, -0.2) is 37.6 Å². The molecule has 1 saturated heterocycles. The first kappa shape index (κ1) is 12.2. The highest BCUT2D eigenvalue weighted by molar-refractivity contribution is 5.68. The molecular formula is C14H23N3. The number of nitrogens with zero attached hydrogens (tertiary/aromatic N) is 2. The van der Waals surface area contributed by atoms with Crippen LogP contribution in [0.5, 0.6) is 0 Å². The van der Waals surface area contributed by atoms with Crippen molar-refractivity contribution in [3.63, 3.8) is 0 Å². The van der Waals surface area contributed by atoms with Crippen molar-refractivity contribution < 1.29 is 0 Å². The van der Waals surface area contributed by atoms with Crippen molar-refractivity contribution in [1.29, 1.82) is 0 Å². The van der Waals surface area contributed by atoms with E-state index in [0.717, 1.165) is 31.9 Å². The smallest absolute Gasteiger partial charge is 0.0603 e. The fraction of sp³-hybridized carbons (Fsp3) is 0.571. The van der Waals surface area contributed by atoms with Gasteiger partial charge in [-0.3, -0.25) is 4.90 Å². The second kappa shape index (κ2) is 5.41. The normalized spacial score (nSPS) is 17.4. The maximum atomic E-state index is 6.06. The summed E-state index contributed by atoms with van der Waals surface area (Å²) < 4.78 is 0. The predicted octanol–water partition coefficient (Wildman–Crippen LogP) is 2.11. The largest absolute Gasteiger partial charge is 0.397 e. The summed E-state index contributed by atoms with van der Waals surface area (Å²) in [6, 6.07) is 6.29. The Kier molecular flexibility index (Phi) is 3.89. The minimum Gasteiger partial charge on any atom is -0.397 e. The monoisotopic (exact) mass is 233 g/mol. The summed E-state index contributed by atoms with van der Waals surface area (Å²) in [4.78, 5) is 4.94. The van der Waals surface area contributed by atoms with Crippen molar-refractivity contribution in [2.45, 2.75) is 20.3 Å². The SMILES string of the molecule is CCCN1CCN(c2cc(C)ccc2N)CC1. The summed E-state index contributed by atoms with van der Waals surface area (Å²) in [5.74, 6) is 0. The van der Waals surface area contributed by atoms with E-state index in [1.54, 1.807) is 0 Å². The lowest BCUT2D eigenvalue weighted by Crippen LogP contribution is -2.46. The first-order chi connectivity index (χ1) is 8.20. The Morgan fingerprint density at radius 2 is 1.88 bits per heavy atom. The van der Waals surface area contributed by atoms with E-state index in [4.69, 9.17) is 5.73 Å². The number of hydrogen-bond acceptors (Lipinski definition) is 3. The zero-order valence-corrected chi connectivity index (χ0v) is 10.9. The average molecular weight is 233 g/mol. The van der Waals surface area contributed by atoms with E-state index in [2.05, 4.69) is 35.8 Å². The van der Waals surface area contributed by atoms with Crippen LogP contribution in [0.2, 0.25) is 0 Å². The third-order valence-corrected chi connectivity index (χ3v) is 3.44. The zero-order valence-electron chi connectivity index (χ0n) is 10.9. The fourth-order valence-electron chi connectivity index (χ4n) is 2.46. The molecule has 1 fully saturated rings. The van der Waals surface area contributed by atoms with E-state index in [9.17, 15) is 0 Å². The number of benzene rings is 1.